The number of amides is 2. The fourth-order valence-electron chi connectivity index (χ4n) is 6.26. The Balaban J connectivity index is 1.61. The van der Waals surface area contributed by atoms with Gasteiger partial charge in [0.05, 0.1) is 31.9 Å². The fraction of sp³-hybridized carbons (Fsp3) is 0.471. The zero-order valence-corrected chi connectivity index (χ0v) is 30.2. The van der Waals surface area contributed by atoms with Gasteiger partial charge in [-0.25, -0.2) is 24.1 Å². The van der Waals surface area contributed by atoms with Crippen LogP contribution in [0, 0.1) is 0 Å². The van der Waals surface area contributed by atoms with Crippen LogP contribution in [0.15, 0.2) is 30.5 Å². The summed E-state index contributed by atoms with van der Waals surface area (Å²) in [5, 5.41) is 2.81. The van der Waals surface area contributed by atoms with Crippen LogP contribution in [0.4, 0.5) is 17.5 Å². The minimum atomic E-state index is -0.554. The molecule has 0 radical (unpaired) electrons. The molecule has 0 aliphatic carbocycles. The van der Waals surface area contributed by atoms with Gasteiger partial charge in [0.15, 0.2) is 33.5 Å². The summed E-state index contributed by atoms with van der Waals surface area (Å²) in [7, 11) is 5.35. The second kappa shape index (κ2) is 16.4. The minimum absolute atomic E-state index is 0.0575. The summed E-state index contributed by atoms with van der Waals surface area (Å²) in [6, 6.07) is 8.11. The van der Waals surface area contributed by atoms with Gasteiger partial charge in [0.1, 0.15) is 12.4 Å². The summed E-state index contributed by atoms with van der Waals surface area (Å²) in [6.45, 7) is 10.6. The van der Waals surface area contributed by atoms with E-state index in [1.165, 1.54) is 0 Å². The normalized spacial score (nSPS) is 13.6. The Labute approximate surface area is 297 Å². The number of piperazine rings is 1. The van der Waals surface area contributed by atoms with E-state index >= 15 is 0 Å². The van der Waals surface area contributed by atoms with E-state index in [2.05, 4.69) is 53.4 Å². The first-order valence-corrected chi connectivity index (χ1v) is 17.1. The van der Waals surface area contributed by atoms with Crippen molar-refractivity contribution in [2.75, 3.05) is 90.1 Å². The lowest BCUT2D eigenvalue weighted by Crippen LogP contribution is -2.44. The number of nitrogens with two attached hydrogens (primary N) is 2. The zero-order valence-electron chi connectivity index (χ0n) is 29.4. The highest BCUT2D eigenvalue weighted by Gasteiger charge is 2.31. The number of carbonyl (C=O) groups is 2. The molecule has 0 spiro atoms. The largest absolute Gasteiger partial charge is 0.383 e. The molecule has 2 amide bonds. The number of likely N-dealkylation sites (N-methyl/N-ethyl adjacent to an activating group) is 1. The molecule has 16 heteroatoms. The Bertz CT molecular complexity index is 1820. The van der Waals surface area contributed by atoms with Crippen LogP contribution in [0.1, 0.15) is 40.5 Å². The molecule has 0 unspecified atom stereocenters. The van der Waals surface area contributed by atoms with Crippen LogP contribution in [-0.4, -0.2) is 115 Å². The monoisotopic (exact) mass is 708 g/mol. The van der Waals surface area contributed by atoms with Gasteiger partial charge in [0.2, 0.25) is 0 Å². The topological polar surface area (TPSA) is 174 Å². The highest BCUT2D eigenvalue weighted by atomic mass is 35.5. The Morgan fingerprint density at radius 1 is 1.00 bits per heavy atom. The van der Waals surface area contributed by atoms with E-state index in [9.17, 15) is 9.59 Å². The van der Waals surface area contributed by atoms with E-state index in [1.807, 2.05) is 32.2 Å². The highest BCUT2D eigenvalue weighted by Crippen LogP contribution is 2.30. The van der Waals surface area contributed by atoms with Crippen molar-refractivity contribution in [3.8, 4) is 11.1 Å². The number of fused-ring (bicyclic) bond motifs is 1. The third kappa shape index (κ3) is 7.75. The van der Waals surface area contributed by atoms with Gasteiger partial charge >= 0.3 is 0 Å². The zero-order chi connectivity index (χ0) is 35.9. The first-order chi connectivity index (χ1) is 24.1. The number of nitrogens with zero attached hydrogens (tertiary/aromatic N) is 8. The molecule has 0 bridgehead atoms. The summed E-state index contributed by atoms with van der Waals surface area (Å²) >= 11 is 6.05. The molecule has 3 aromatic heterocycles. The number of nitrogen functional groups attached to an aromatic ring is 2. The van der Waals surface area contributed by atoms with E-state index in [1.54, 1.807) is 19.1 Å². The first-order valence-electron chi connectivity index (χ1n) is 16.7. The van der Waals surface area contributed by atoms with Crippen LogP contribution in [0.25, 0.3) is 22.2 Å². The molecular formula is C34H47ClN11O4+. The maximum atomic E-state index is 14.5. The fourth-order valence-corrected chi connectivity index (χ4v) is 6.38. The number of methoxy groups -OCH3 is 2. The summed E-state index contributed by atoms with van der Waals surface area (Å²) in [5.41, 5.74) is 15.4. The van der Waals surface area contributed by atoms with Gasteiger partial charge in [-0.05, 0) is 50.7 Å². The lowest BCUT2D eigenvalue weighted by Gasteiger charge is -2.33. The lowest BCUT2D eigenvalue weighted by molar-refractivity contribution is -0.676. The maximum Gasteiger partial charge on any atom is 0.277 e. The van der Waals surface area contributed by atoms with Gasteiger partial charge in [-0.1, -0.05) is 11.6 Å². The Morgan fingerprint density at radius 2 is 1.70 bits per heavy atom. The van der Waals surface area contributed by atoms with Crippen molar-refractivity contribution < 1.29 is 23.6 Å². The van der Waals surface area contributed by atoms with Crippen molar-refractivity contribution in [2.45, 2.75) is 33.5 Å². The van der Waals surface area contributed by atoms with Crippen molar-refractivity contribution in [1.29, 1.82) is 0 Å². The van der Waals surface area contributed by atoms with Gasteiger partial charge < -0.3 is 41.0 Å². The van der Waals surface area contributed by atoms with Crippen molar-refractivity contribution in [3.63, 3.8) is 0 Å². The third-order valence-electron chi connectivity index (χ3n) is 8.99. The van der Waals surface area contributed by atoms with E-state index in [-0.39, 0.29) is 34.9 Å². The standard InChI is InChI=1S/C34H46ClN11O4/c1-6-45-25-19-23(22-8-9-26(38-20-22)43-12-10-42(3)11-13-43)18-24(34(48)44(14-16-49-4)15-17-50-5)29(25)46(7-2)27(45)21-39-33(47)28-31(36)41-32(37)30(35)40-28/h8-9,18-20H,6-7,10-17,21H2,1-5H3,(H4-,36,37,39,41,47)/p+1. The number of hydrogen-bond acceptors (Lipinski definition) is 11. The van der Waals surface area contributed by atoms with Crippen LogP contribution in [0.3, 0.4) is 0 Å². The first kappa shape index (κ1) is 36.7. The molecule has 15 nitrogen and oxygen atoms in total. The molecule has 0 saturated carbocycles. The summed E-state index contributed by atoms with van der Waals surface area (Å²) < 4.78 is 14.9. The smallest absolute Gasteiger partial charge is 0.277 e. The molecule has 4 aromatic rings. The summed E-state index contributed by atoms with van der Waals surface area (Å²) in [5.74, 6) is 0.816. The van der Waals surface area contributed by atoms with E-state index in [4.69, 9.17) is 37.5 Å². The molecule has 268 valence electrons. The summed E-state index contributed by atoms with van der Waals surface area (Å²) in [4.78, 5) is 46.9. The number of nitrogens with one attached hydrogen (secondary N) is 1. The Morgan fingerprint density at radius 3 is 2.30 bits per heavy atom. The molecule has 0 atom stereocenters. The lowest BCUT2D eigenvalue weighted by atomic mass is 10.0. The number of imidazole rings is 1. The molecule has 5 N–H and O–H groups in total. The number of pyridine rings is 1. The molecule has 1 aliphatic rings. The van der Waals surface area contributed by atoms with Crippen molar-refractivity contribution in [3.05, 3.63) is 52.7 Å². The number of hydrogen-bond donors (Lipinski definition) is 3. The molecular weight excluding hydrogens is 662 g/mol. The second-order valence-electron chi connectivity index (χ2n) is 12.1. The van der Waals surface area contributed by atoms with E-state index < -0.39 is 5.91 Å². The average Bonchev–Trinajstić information content (AvgIpc) is 3.44. The average molecular weight is 709 g/mol. The number of benzene rings is 1. The van der Waals surface area contributed by atoms with Gasteiger partial charge in [0.25, 0.3) is 17.6 Å². The van der Waals surface area contributed by atoms with Crippen molar-refractivity contribution in [2.24, 2.45) is 0 Å². The predicted molar refractivity (Wildman–Crippen MR) is 193 cm³/mol. The van der Waals surface area contributed by atoms with Gasteiger partial charge in [-0.15, -0.1) is 0 Å². The van der Waals surface area contributed by atoms with Crippen LogP contribution in [-0.2, 0) is 29.1 Å². The van der Waals surface area contributed by atoms with Gasteiger partial charge in [0, 0.05) is 65.2 Å². The Hall–Kier alpha value is -4.57. The van der Waals surface area contributed by atoms with Crippen molar-refractivity contribution >= 4 is 51.9 Å². The predicted octanol–water partition coefficient (Wildman–Crippen LogP) is 2.06. The van der Waals surface area contributed by atoms with E-state index in [0.717, 1.165) is 60.0 Å². The molecule has 1 aliphatic heterocycles. The summed E-state index contributed by atoms with van der Waals surface area (Å²) in [6.07, 6.45) is 1.87. The number of ether oxygens (including phenoxy) is 2. The van der Waals surface area contributed by atoms with Crippen molar-refractivity contribution in [1.82, 2.24) is 34.6 Å². The molecule has 1 saturated heterocycles. The van der Waals surface area contributed by atoms with E-state index in [0.29, 0.717) is 45.0 Å². The van der Waals surface area contributed by atoms with Crippen LogP contribution in [0.5, 0.6) is 0 Å². The molecule has 50 heavy (non-hydrogen) atoms. The molecule has 4 heterocycles. The van der Waals surface area contributed by atoms with Gasteiger partial charge in [-0.2, -0.15) is 0 Å². The second-order valence-corrected chi connectivity index (χ2v) is 12.4. The number of halogens is 1. The SMILES string of the molecule is CCn1c(CNC(=O)c2nc(Cl)c(N)nc2N)[n+](CC)c2cc(-c3ccc(N4CCN(C)CC4)nc3)cc(C(=O)N(CCOC)CCOC)c21. The van der Waals surface area contributed by atoms with Gasteiger partial charge in [-0.3, -0.25) is 9.59 Å². The quantitative estimate of drug-likeness (QED) is 0.164. The van der Waals surface area contributed by atoms with Crippen LogP contribution >= 0.6 is 11.6 Å². The minimum Gasteiger partial charge on any atom is -0.383 e. The highest BCUT2D eigenvalue weighted by molar-refractivity contribution is 6.31. The Kier molecular flexibility index (Phi) is 12.1. The van der Waals surface area contributed by atoms with Crippen LogP contribution in [0.2, 0.25) is 5.15 Å². The molecule has 1 aromatic carbocycles. The van der Waals surface area contributed by atoms with Crippen LogP contribution < -0.4 is 26.3 Å². The number of rotatable bonds is 14. The third-order valence-corrected chi connectivity index (χ3v) is 9.27. The number of anilines is 3. The molecule has 1 fully saturated rings. The number of aromatic nitrogens is 5. The maximum absolute atomic E-state index is 14.5. The number of aryl methyl sites for hydroxylation is 2. The molecule has 5 rings (SSSR count). The number of carbonyl (C=O) groups excluding carboxylic acids is 2.